The summed E-state index contributed by atoms with van der Waals surface area (Å²) in [6.45, 7) is 11.2. The van der Waals surface area contributed by atoms with E-state index < -0.39 is 0 Å². The summed E-state index contributed by atoms with van der Waals surface area (Å²) in [4.78, 5) is 12.1. The van der Waals surface area contributed by atoms with E-state index in [0.29, 0.717) is 12.5 Å². The maximum Gasteiger partial charge on any atom is 0.293 e. The van der Waals surface area contributed by atoms with Crippen molar-refractivity contribution in [3.05, 3.63) is 64.1 Å². The van der Waals surface area contributed by atoms with Crippen molar-refractivity contribution >= 4 is 28.1 Å². The standard InChI is InChI=1S/C17H19BrN2.C5H10O2/c1-13-5-2-3-8-16(13)20-10-9-19-12-17(20)14-6-4-7-15(18)11-14;1-5(2,3)7-4-6/h2-8,11,17,19H,9-10,12H2,1H3;4H,1-3H3. The van der Waals surface area contributed by atoms with Crippen LogP contribution in [0, 0.1) is 6.92 Å². The lowest BCUT2D eigenvalue weighted by Crippen LogP contribution is -2.46. The van der Waals surface area contributed by atoms with Gasteiger partial charge in [-0.05, 0) is 57.0 Å². The lowest BCUT2D eigenvalue weighted by molar-refractivity contribution is -0.138. The molecule has 2 aromatic rings. The number of rotatable bonds is 3. The predicted molar refractivity (Wildman–Crippen MR) is 115 cm³/mol. The Morgan fingerprint density at radius 2 is 1.93 bits per heavy atom. The smallest absolute Gasteiger partial charge is 0.293 e. The minimum absolute atomic E-state index is 0.318. The van der Waals surface area contributed by atoms with Crippen LogP contribution < -0.4 is 10.2 Å². The highest BCUT2D eigenvalue weighted by Crippen LogP contribution is 2.31. The first-order valence-electron chi connectivity index (χ1n) is 9.22. The van der Waals surface area contributed by atoms with Gasteiger partial charge in [0.1, 0.15) is 5.60 Å². The third-order valence-electron chi connectivity index (χ3n) is 4.30. The Kier molecular flexibility index (Phi) is 7.87. The third kappa shape index (κ3) is 6.67. The topological polar surface area (TPSA) is 41.6 Å². The van der Waals surface area contributed by atoms with Crippen molar-refractivity contribution in [1.29, 1.82) is 0 Å². The van der Waals surface area contributed by atoms with Gasteiger partial charge in [-0.2, -0.15) is 0 Å². The van der Waals surface area contributed by atoms with Gasteiger partial charge in [-0.25, -0.2) is 0 Å². The van der Waals surface area contributed by atoms with E-state index in [1.54, 1.807) is 0 Å². The number of nitrogens with zero attached hydrogens (tertiary/aromatic N) is 1. The van der Waals surface area contributed by atoms with Gasteiger partial charge in [0, 0.05) is 29.8 Å². The SMILES string of the molecule is CC(C)(C)OC=O.Cc1ccccc1N1CCNCC1c1cccc(Br)c1. The Balaban J connectivity index is 0.000000321. The molecule has 1 aliphatic rings. The van der Waals surface area contributed by atoms with E-state index >= 15 is 0 Å². The van der Waals surface area contributed by atoms with Crippen LogP contribution in [0.2, 0.25) is 0 Å². The predicted octanol–water partition coefficient (Wildman–Crippen LogP) is 4.87. The van der Waals surface area contributed by atoms with E-state index in [-0.39, 0.29) is 5.60 Å². The second-order valence-corrected chi connectivity index (χ2v) is 8.50. The average molecular weight is 433 g/mol. The molecule has 3 rings (SSSR count). The maximum atomic E-state index is 9.60. The highest BCUT2D eigenvalue weighted by molar-refractivity contribution is 9.10. The summed E-state index contributed by atoms with van der Waals surface area (Å²) >= 11 is 3.58. The van der Waals surface area contributed by atoms with Crippen LogP contribution in [0.4, 0.5) is 5.69 Å². The fourth-order valence-corrected chi connectivity index (χ4v) is 3.45. The number of aryl methyl sites for hydroxylation is 1. The molecule has 0 aliphatic carbocycles. The van der Waals surface area contributed by atoms with Crippen molar-refractivity contribution in [2.24, 2.45) is 0 Å². The average Bonchev–Trinajstić information content (AvgIpc) is 2.62. The zero-order valence-corrected chi connectivity index (χ0v) is 18.1. The number of benzene rings is 2. The molecule has 27 heavy (non-hydrogen) atoms. The second kappa shape index (κ2) is 9.90. The van der Waals surface area contributed by atoms with Crippen LogP contribution in [0.5, 0.6) is 0 Å². The van der Waals surface area contributed by atoms with Crippen LogP contribution in [-0.2, 0) is 9.53 Å². The summed E-state index contributed by atoms with van der Waals surface area (Å²) in [5, 5.41) is 3.52. The molecule has 0 bridgehead atoms. The van der Waals surface area contributed by atoms with Crippen molar-refractivity contribution in [1.82, 2.24) is 5.32 Å². The normalized spacial score (nSPS) is 16.9. The van der Waals surface area contributed by atoms with Crippen LogP contribution in [0.25, 0.3) is 0 Å². The Morgan fingerprint density at radius 1 is 1.19 bits per heavy atom. The molecule has 0 amide bonds. The summed E-state index contributed by atoms with van der Waals surface area (Å²) in [6.07, 6.45) is 0. The molecule has 1 unspecified atom stereocenters. The molecule has 0 aromatic heterocycles. The van der Waals surface area contributed by atoms with E-state index in [2.05, 4.69) is 86.3 Å². The summed E-state index contributed by atoms with van der Waals surface area (Å²) in [5.74, 6) is 0. The molecule has 1 N–H and O–H groups in total. The van der Waals surface area contributed by atoms with Crippen molar-refractivity contribution in [3.8, 4) is 0 Å². The molecule has 1 atom stereocenters. The fraction of sp³-hybridized carbons (Fsp3) is 0.409. The van der Waals surface area contributed by atoms with Crippen LogP contribution in [-0.4, -0.2) is 31.7 Å². The molecule has 0 radical (unpaired) electrons. The zero-order valence-electron chi connectivity index (χ0n) is 16.5. The Morgan fingerprint density at radius 3 is 2.52 bits per heavy atom. The highest BCUT2D eigenvalue weighted by Gasteiger charge is 2.24. The number of halogens is 1. The number of ether oxygens (including phenoxy) is 1. The van der Waals surface area contributed by atoms with Gasteiger partial charge in [0.05, 0.1) is 6.04 Å². The van der Waals surface area contributed by atoms with Crippen LogP contribution >= 0.6 is 15.9 Å². The summed E-state index contributed by atoms with van der Waals surface area (Å²) in [5.41, 5.74) is 3.73. The van der Waals surface area contributed by atoms with Gasteiger partial charge >= 0.3 is 0 Å². The Bertz CT molecular complexity index is 743. The van der Waals surface area contributed by atoms with Crippen molar-refractivity contribution in [2.75, 3.05) is 24.5 Å². The van der Waals surface area contributed by atoms with E-state index in [4.69, 9.17) is 0 Å². The molecule has 1 aliphatic heterocycles. The monoisotopic (exact) mass is 432 g/mol. The van der Waals surface area contributed by atoms with Crippen molar-refractivity contribution < 1.29 is 9.53 Å². The minimum Gasteiger partial charge on any atom is -0.462 e. The fourth-order valence-electron chi connectivity index (χ4n) is 3.03. The third-order valence-corrected chi connectivity index (χ3v) is 4.80. The highest BCUT2D eigenvalue weighted by atomic mass is 79.9. The lowest BCUT2D eigenvalue weighted by Gasteiger charge is -2.39. The first-order valence-corrected chi connectivity index (χ1v) is 10.0. The number of anilines is 1. The number of carbonyl (C=O) groups excluding carboxylic acids is 1. The summed E-state index contributed by atoms with van der Waals surface area (Å²) in [7, 11) is 0. The Hall–Kier alpha value is -1.85. The number of nitrogens with one attached hydrogen (secondary N) is 1. The molecule has 1 heterocycles. The number of hydrogen-bond acceptors (Lipinski definition) is 4. The van der Waals surface area contributed by atoms with Crippen molar-refractivity contribution in [3.63, 3.8) is 0 Å². The number of carbonyl (C=O) groups is 1. The van der Waals surface area contributed by atoms with Gasteiger partial charge in [0.2, 0.25) is 0 Å². The van der Waals surface area contributed by atoms with Gasteiger partial charge in [0.25, 0.3) is 6.47 Å². The maximum absolute atomic E-state index is 9.60. The molecular formula is C22H29BrN2O2. The molecule has 5 heteroatoms. The van der Waals surface area contributed by atoms with Gasteiger partial charge in [-0.15, -0.1) is 0 Å². The molecule has 1 fully saturated rings. The van der Waals surface area contributed by atoms with Crippen LogP contribution in [0.3, 0.4) is 0 Å². The van der Waals surface area contributed by atoms with E-state index in [9.17, 15) is 4.79 Å². The van der Waals surface area contributed by atoms with Crippen molar-refractivity contribution in [2.45, 2.75) is 39.3 Å². The Labute approximate surface area is 171 Å². The first kappa shape index (κ1) is 21.5. The van der Waals surface area contributed by atoms with E-state index in [1.807, 2.05) is 20.8 Å². The minimum atomic E-state index is -0.318. The lowest BCUT2D eigenvalue weighted by atomic mass is 10.0. The molecule has 1 saturated heterocycles. The summed E-state index contributed by atoms with van der Waals surface area (Å²) < 4.78 is 5.69. The van der Waals surface area contributed by atoms with Crippen LogP contribution in [0.15, 0.2) is 53.0 Å². The van der Waals surface area contributed by atoms with E-state index in [1.165, 1.54) is 16.8 Å². The summed E-state index contributed by atoms with van der Waals surface area (Å²) in [6, 6.07) is 17.7. The molecule has 146 valence electrons. The molecular weight excluding hydrogens is 404 g/mol. The van der Waals surface area contributed by atoms with Gasteiger partial charge in [-0.3, -0.25) is 4.79 Å². The number of piperazine rings is 1. The first-order chi connectivity index (χ1) is 12.8. The molecule has 0 saturated carbocycles. The van der Waals surface area contributed by atoms with Gasteiger partial charge in [0.15, 0.2) is 0 Å². The largest absolute Gasteiger partial charge is 0.462 e. The zero-order chi connectivity index (χ0) is 19.9. The van der Waals surface area contributed by atoms with Crippen LogP contribution in [0.1, 0.15) is 37.9 Å². The molecule has 0 spiro atoms. The number of hydrogen-bond donors (Lipinski definition) is 1. The number of para-hydroxylation sites is 1. The van der Waals surface area contributed by atoms with Gasteiger partial charge < -0.3 is 15.0 Å². The quantitative estimate of drug-likeness (QED) is 0.702. The molecule has 4 nitrogen and oxygen atoms in total. The van der Waals surface area contributed by atoms with E-state index in [0.717, 1.165) is 24.1 Å². The molecule has 2 aromatic carbocycles. The second-order valence-electron chi connectivity index (χ2n) is 7.58. The van der Waals surface area contributed by atoms with Gasteiger partial charge in [-0.1, -0.05) is 46.3 Å².